The lowest BCUT2D eigenvalue weighted by Gasteiger charge is -2.18. The van der Waals surface area contributed by atoms with Crippen molar-refractivity contribution in [2.45, 2.75) is 348 Å². The zero-order chi connectivity index (χ0) is 58.5. The van der Waals surface area contributed by atoms with Crippen LogP contribution < -0.4 is 0 Å². The molecule has 0 aromatic carbocycles. The second kappa shape index (κ2) is 68.8. The molecular formula is C75H130O6. The number of hydrogen-bond acceptors (Lipinski definition) is 6. The standard InChI is InChI=1S/C75H130O6/c1-4-7-10-13-16-19-22-25-28-31-32-33-34-35-36-37-38-39-40-41-42-43-44-45-48-50-53-56-59-62-65-68-74(77)80-71-72(81-75(78)69-66-63-60-57-54-51-47-30-27-24-21-18-15-12-9-6-3)70-79-73(76)67-64-61-58-55-52-49-46-29-26-23-20-17-14-11-8-5-2/h7,10,16,19-21,23-25,28-30,32-33,46-47,72H,4-6,8-9,11-15,17-18,22,26-27,31,34-45,48-71H2,1-3H3/b10-7-,19-16-,23-20-,24-21-,28-25-,33-32-,46-29-,47-30-. The molecule has 0 bridgehead atoms. The van der Waals surface area contributed by atoms with E-state index in [9.17, 15) is 14.4 Å². The largest absolute Gasteiger partial charge is 0.462 e. The summed E-state index contributed by atoms with van der Waals surface area (Å²) < 4.78 is 16.9. The topological polar surface area (TPSA) is 78.9 Å². The lowest BCUT2D eigenvalue weighted by atomic mass is 10.0. The Kier molecular flexibility index (Phi) is 65.7. The summed E-state index contributed by atoms with van der Waals surface area (Å²) in [5.74, 6) is -0.898. The van der Waals surface area contributed by atoms with Crippen molar-refractivity contribution in [3.8, 4) is 0 Å². The molecule has 0 saturated carbocycles. The van der Waals surface area contributed by atoms with Crippen molar-refractivity contribution in [3.05, 3.63) is 97.2 Å². The van der Waals surface area contributed by atoms with Gasteiger partial charge < -0.3 is 14.2 Å². The summed E-state index contributed by atoms with van der Waals surface area (Å²) in [4.78, 5) is 38.4. The first kappa shape index (κ1) is 77.3. The first-order valence-corrected chi connectivity index (χ1v) is 34.7. The fourth-order valence-electron chi connectivity index (χ4n) is 9.85. The Labute approximate surface area is 502 Å². The molecule has 0 aliphatic carbocycles. The van der Waals surface area contributed by atoms with Gasteiger partial charge in [0.2, 0.25) is 0 Å². The van der Waals surface area contributed by atoms with E-state index in [0.29, 0.717) is 19.3 Å². The Morgan fingerprint density at radius 3 is 0.753 bits per heavy atom. The first-order chi connectivity index (χ1) is 40.0. The van der Waals surface area contributed by atoms with Crippen molar-refractivity contribution in [3.63, 3.8) is 0 Å². The van der Waals surface area contributed by atoms with Crippen LogP contribution in [-0.4, -0.2) is 37.2 Å². The van der Waals surface area contributed by atoms with Crippen LogP contribution in [0.15, 0.2) is 97.2 Å². The summed E-state index contributed by atoms with van der Waals surface area (Å²) in [6.45, 7) is 6.51. The van der Waals surface area contributed by atoms with Crippen LogP contribution in [0.3, 0.4) is 0 Å². The first-order valence-electron chi connectivity index (χ1n) is 34.7. The second-order valence-electron chi connectivity index (χ2n) is 23.1. The van der Waals surface area contributed by atoms with Gasteiger partial charge in [0.05, 0.1) is 0 Å². The maximum Gasteiger partial charge on any atom is 0.306 e. The molecule has 0 aliphatic heterocycles. The van der Waals surface area contributed by atoms with Crippen LogP contribution in [0.1, 0.15) is 342 Å². The summed E-state index contributed by atoms with van der Waals surface area (Å²) in [5, 5.41) is 0. The number of unbranched alkanes of at least 4 members (excludes halogenated alkanes) is 36. The maximum absolute atomic E-state index is 12.9. The van der Waals surface area contributed by atoms with E-state index in [0.717, 1.165) is 128 Å². The number of carbonyl (C=O) groups excluding carboxylic acids is 3. The summed E-state index contributed by atoms with van der Waals surface area (Å²) in [6, 6.07) is 0. The summed E-state index contributed by atoms with van der Waals surface area (Å²) in [7, 11) is 0. The van der Waals surface area contributed by atoms with E-state index in [1.165, 1.54) is 173 Å². The van der Waals surface area contributed by atoms with Crippen molar-refractivity contribution < 1.29 is 28.6 Å². The van der Waals surface area contributed by atoms with Crippen molar-refractivity contribution in [1.82, 2.24) is 0 Å². The molecule has 81 heavy (non-hydrogen) atoms. The smallest absolute Gasteiger partial charge is 0.306 e. The SMILES string of the molecule is CC/C=C\C/C=C\C/C=C\C/C=C\CCCCCCCCCCCCCCCCCCCCC(=O)OCC(COC(=O)CCCCCCC/C=C\C/C=C\CCCCCC)OC(=O)CCCCCCC/C=C\C/C=C\CCCCCC. The van der Waals surface area contributed by atoms with Crippen LogP contribution in [-0.2, 0) is 28.6 Å². The van der Waals surface area contributed by atoms with E-state index in [4.69, 9.17) is 14.2 Å². The number of hydrogen-bond donors (Lipinski definition) is 0. The number of allylic oxidation sites excluding steroid dienone is 16. The molecule has 1 atom stereocenters. The van der Waals surface area contributed by atoms with Crippen molar-refractivity contribution >= 4 is 17.9 Å². The zero-order valence-corrected chi connectivity index (χ0v) is 53.5. The number of carbonyl (C=O) groups is 3. The molecule has 0 saturated heterocycles. The molecule has 0 heterocycles. The Morgan fingerprint density at radius 1 is 0.259 bits per heavy atom. The Balaban J connectivity index is 4.24. The van der Waals surface area contributed by atoms with Gasteiger partial charge in [-0.25, -0.2) is 0 Å². The van der Waals surface area contributed by atoms with Gasteiger partial charge in [0, 0.05) is 19.3 Å². The molecule has 6 heteroatoms. The zero-order valence-electron chi connectivity index (χ0n) is 53.5. The average molecular weight is 1130 g/mol. The molecule has 6 nitrogen and oxygen atoms in total. The molecule has 0 aromatic heterocycles. The summed E-state index contributed by atoms with van der Waals surface area (Å²) in [5.41, 5.74) is 0. The van der Waals surface area contributed by atoms with E-state index < -0.39 is 6.10 Å². The van der Waals surface area contributed by atoms with Gasteiger partial charge in [-0.3, -0.25) is 14.4 Å². The lowest BCUT2D eigenvalue weighted by molar-refractivity contribution is -0.167. The fourth-order valence-corrected chi connectivity index (χ4v) is 9.85. The van der Waals surface area contributed by atoms with Crippen LogP contribution in [0.25, 0.3) is 0 Å². The number of rotatable bonds is 63. The van der Waals surface area contributed by atoms with Gasteiger partial charge in [-0.2, -0.15) is 0 Å². The van der Waals surface area contributed by atoms with Crippen molar-refractivity contribution in [2.24, 2.45) is 0 Å². The van der Waals surface area contributed by atoms with Gasteiger partial charge in [0.25, 0.3) is 0 Å². The van der Waals surface area contributed by atoms with Gasteiger partial charge in [0.15, 0.2) is 6.10 Å². The number of ether oxygens (including phenoxy) is 3. The van der Waals surface area contributed by atoms with E-state index in [1.54, 1.807) is 0 Å². The lowest BCUT2D eigenvalue weighted by Crippen LogP contribution is -2.30. The minimum Gasteiger partial charge on any atom is -0.462 e. The molecule has 0 rings (SSSR count). The van der Waals surface area contributed by atoms with E-state index in [-0.39, 0.29) is 31.1 Å². The molecule has 0 spiro atoms. The highest BCUT2D eigenvalue weighted by Gasteiger charge is 2.19. The minimum absolute atomic E-state index is 0.0848. The van der Waals surface area contributed by atoms with E-state index in [2.05, 4.69) is 118 Å². The molecule has 0 fully saturated rings. The Bertz CT molecular complexity index is 1580. The second-order valence-corrected chi connectivity index (χ2v) is 23.1. The highest BCUT2D eigenvalue weighted by Crippen LogP contribution is 2.17. The van der Waals surface area contributed by atoms with E-state index >= 15 is 0 Å². The normalized spacial score (nSPS) is 12.7. The minimum atomic E-state index is -0.791. The van der Waals surface area contributed by atoms with Crippen LogP contribution in [0.4, 0.5) is 0 Å². The molecular weight excluding hydrogens is 997 g/mol. The Hall–Kier alpha value is -3.67. The predicted octanol–water partition coefficient (Wildman–Crippen LogP) is 24.0. The van der Waals surface area contributed by atoms with Crippen molar-refractivity contribution in [1.29, 1.82) is 0 Å². The predicted molar refractivity (Wildman–Crippen MR) is 353 cm³/mol. The molecule has 0 aromatic rings. The van der Waals surface area contributed by atoms with Gasteiger partial charge >= 0.3 is 17.9 Å². The van der Waals surface area contributed by atoms with Crippen LogP contribution in [0, 0.1) is 0 Å². The third-order valence-corrected chi connectivity index (χ3v) is 15.0. The van der Waals surface area contributed by atoms with Crippen LogP contribution in [0.5, 0.6) is 0 Å². The molecule has 0 amide bonds. The van der Waals surface area contributed by atoms with Crippen LogP contribution >= 0.6 is 0 Å². The van der Waals surface area contributed by atoms with E-state index in [1.807, 2.05) is 0 Å². The molecule has 0 radical (unpaired) electrons. The quantitative estimate of drug-likeness (QED) is 0.0261. The average Bonchev–Trinajstić information content (AvgIpc) is 3.47. The molecule has 0 aliphatic rings. The summed E-state index contributed by atoms with van der Waals surface area (Å²) >= 11 is 0. The highest BCUT2D eigenvalue weighted by atomic mass is 16.6. The Morgan fingerprint density at radius 2 is 0.481 bits per heavy atom. The number of esters is 3. The van der Waals surface area contributed by atoms with Gasteiger partial charge in [0.1, 0.15) is 13.2 Å². The monoisotopic (exact) mass is 1130 g/mol. The third-order valence-electron chi connectivity index (χ3n) is 15.0. The molecule has 1 unspecified atom stereocenters. The van der Waals surface area contributed by atoms with Gasteiger partial charge in [-0.1, -0.05) is 298 Å². The summed E-state index contributed by atoms with van der Waals surface area (Å²) in [6.07, 6.45) is 92.9. The van der Waals surface area contributed by atoms with Crippen molar-refractivity contribution in [2.75, 3.05) is 13.2 Å². The molecule has 466 valence electrons. The van der Waals surface area contributed by atoms with Gasteiger partial charge in [-0.05, 0) is 122 Å². The van der Waals surface area contributed by atoms with Gasteiger partial charge in [-0.15, -0.1) is 0 Å². The highest BCUT2D eigenvalue weighted by molar-refractivity contribution is 5.71. The third kappa shape index (κ3) is 67.0. The maximum atomic E-state index is 12.9. The van der Waals surface area contributed by atoms with Crippen LogP contribution in [0.2, 0.25) is 0 Å². The molecule has 0 N–H and O–H groups in total. The fraction of sp³-hybridized carbons (Fsp3) is 0.747.